The quantitative estimate of drug-likeness (QED) is 0.486. The van der Waals surface area contributed by atoms with Gasteiger partial charge in [0.2, 0.25) is 0 Å². The highest BCUT2D eigenvalue weighted by Gasteiger charge is 2.17. The molecule has 154 valence electrons. The third-order valence-corrected chi connectivity index (χ3v) is 4.40. The molecule has 0 fully saturated rings. The van der Waals surface area contributed by atoms with E-state index >= 15 is 0 Å². The molecule has 0 spiro atoms. The number of aromatic nitrogens is 2. The summed E-state index contributed by atoms with van der Waals surface area (Å²) >= 11 is 0. The van der Waals surface area contributed by atoms with Gasteiger partial charge in [0.05, 0.1) is 28.2 Å². The summed E-state index contributed by atoms with van der Waals surface area (Å²) in [5, 5.41) is 2.79. The van der Waals surface area contributed by atoms with Crippen molar-refractivity contribution >= 4 is 28.5 Å². The number of benzene rings is 2. The van der Waals surface area contributed by atoms with Gasteiger partial charge in [-0.25, -0.2) is 18.6 Å². The van der Waals surface area contributed by atoms with E-state index in [4.69, 9.17) is 4.74 Å². The number of carbonyl (C=O) groups is 2. The third-order valence-electron chi connectivity index (χ3n) is 4.40. The monoisotopic (exact) mass is 419 g/mol. The van der Waals surface area contributed by atoms with Crippen molar-refractivity contribution in [1.82, 2.24) is 9.97 Å². The number of para-hydroxylation sites is 1. The molecule has 0 aliphatic carbocycles. The van der Waals surface area contributed by atoms with Gasteiger partial charge in [0, 0.05) is 17.6 Å². The second-order valence-corrected chi connectivity index (χ2v) is 6.54. The number of halogens is 2. The normalized spacial score (nSPS) is 10.6. The Morgan fingerprint density at radius 2 is 1.74 bits per heavy atom. The molecule has 2 aromatic carbocycles. The number of hydrogen-bond donors (Lipinski definition) is 1. The molecule has 0 radical (unpaired) electrons. The van der Waals surface area contributed by atoms with E-state index < -0.39 is 30.1 Å². The number of nitrogens with one attached hydrogen (secondary N) is 1. The smallest absolute Gasteiger partial charge is 0.339 e. The van der Waals surface area contributed by atoms with Gasteiger partial charge in [-0.05, 0) is 36.4 Å². The van der Waals surface area contributed by atoms with Crippen LogP contribution in [0.4, 0.5) is 14.5 Å². The van der Waals surface area contributed by atoms with Gasteiger partial charge in [-0.15, -0.1) is 0 Å². The van der Waals surface area contributed by atoms with Gasteiger partial charge in [0.1, 0.15) is 11.6 Å². The third kappa shape index (κ3) is 4.53. The highest BCUT2D eigenvalue weighted by molar-refractivity contribution is 6.05. The summed E-state index contributed by atoms with van der Waals surface area (Å²) < 4.78 is 31.8. The molecule has 31 heavy (non-hydrogen) atoms. The minimum Gasteiger partial charge on any atom is -0.452 e. The van der Waals surface area contributed by atoms with Gasteiger partial charge < -0.3 is 10.1 Å². The summed E-state index contributed by atoms with van der Waals surface area (Å²) in [5.74, 6) is -3.21. The van der Waals surface area contributed by atoms with Crippen molar-refractivity contribution < 1.29 is 23.1 Å². The van der Waals surface area contributed by atoms with E-state index in [2.05, 4.69) is 15.3 Å². The number of pyridine rings is 2. The van der Waals surface area contributed by atoms with E-state index in [0.717, 1.165) is 12.1 Å². The fourth-order valence-electron chi connectivity index (χ4n) is 2.98. The molecule has 0 atom stereocenters. The zero-order chi connectivity index (χ0) is 21.8. The first kappa shape index (κ1) is 20.1. The van der Waals surface area contributed by atoms with Crippen LogP contribution in [-0.2, 0) is 9.53 Å². The lowest BCUT2D eigenvalue weighted by molar-refractivity contribution is -0.119. The van der Waals surface area contributed by atoms with Gasteiger partial charge in [-0.3, -0.25) is 9.78 Å². The Morgan fingerprint density at radius 1 is 0.935 bits per heavy atom. The Kier molecular flexibility index (Phi) is 5.61. The average molecular weight is 419 g/mol. The Balaban J connectivity index is 1.55. The molecule has 0 bridgehead atoms. The first-order valence-electron chi connectivity index (χ1n) is 9.24. The maximum atomic E-state index is 13.7. The molecule has 2 heterocycles. The van der Waals surface area contributed by atoms with Crippen LogP contribution in [0.5, 0.6) is 0 Å². The number of nitrogens with zero attached hydrogens (tertiary/aromatic N) is 2. The van der Waals surface area contributed by atoms with E-state index in [-0.39, 0.29) is 11.3 Å². The second-order valence-electron chi connectivity index (χ2n) is 6.54. The van der Waals surface area contributed by atoms with E-state index in [1.54, 1.807) is 54.7 Å². The molecule has 4 aromatic rings. The number of rotatable bonds is 5. The summed E-state index contributed by atoms with van der Waals surface area (Å²) in [6.07, 6.45) is 1.61. The van der Waals surface area contributed by atoms with Crippen LogP contribution in [0.25, 0.3) is 22.3 Å². The Hall–Kier alpha value is -4.20. The molecule has 6 nitrogen and oxygen atoms in total. The summed E-state index contributed by atoms with van der Waals surface area (Å²) in [4.78, 5) is 33.6. The van der Waals surface area contributed by atoms with Gasteiger partial charge >= 0.3 is 5.97 Å². The largest absolute Gasteiger partial charge is 0.452 e. The first-order valence-corrected chi connectivity index (χ1v) is 9.24. The van der Waals surface area contributed by atoms with Crippen molar-refractivity contribution in [3.63, 3.8) is 0 Å². The Morgan fingerprint density at radius 3 is 2.52 bits per heavy atom. The van der Waals surface area contributed by atoms with Gasteiger partial charge in [0.15, 0.2) is 6.61 Å². The standard InChI is InChI=1S/C23H15F2N3O3/c24-14-8-9-19(17(25)11-14)28-22(29)13-31-23(30)16-12-21(20-7-3-4-10-26-20)27-18-6-2-1-5-15(16)18/h1-12H,13H2,(H,28,29). The number of fused-ring (bicyclic) bond motifs is 1. The fourth-order valence-corrected chi connectivity index (χ4v) is 2.98. The van der Waals surface area contributed by atoms with Crippen molar-refractivity contribution in [1.29, 1.82) is 0 Å². The lowest BCUT2D eigenvalue weighted by Crippen LogP contribution is -2.21. The van der Waals surface area contributed by atoms with Crippen LogP contribution in [0.2, 0.25) is 0 Å². The van der Waals surface area contributed by atoms with E-state index in [1.165, 1.54) is 0 Å². The van der Waals surface area contributed by atoms with Crippen molar-refractivity contribution in [3.8, 4) is 11.4 Å². The summed E-state index contributed by atoms with van der Waals surface area (Å²) in [7, 11) is 0. The van der Waals surface area contributed by atoms with Crippen LogP contribution in [0, 0.1) is 11.6 Å². The SMILES string of the molecule is O=C(COC(=O)c1cc(-c2ccccn2)nc2ccccc12)Nc1ccc(F)cc1F. The van der Waals surface area contributed by atoms with Crippen molar-refractivity contribution in [3.05, 3.63) is 90.1 Å². The molecule has 0 aliphatic rings. The topological polar surface area (TPSA) is 81.2 Å². The number of esters is 1. The molecule has 1 N–H and O–H groups in total. The fraction of sp³-hybridized carbons (Fsp3) is 0.0435. The lowest BCUT2D eigenvalue weighted by Gasteiger charge is -2.10. The summed E-state index contributed by atoms with van der Waals surface area (Å²) in [6.45, 7) is -0.648. The molecule has 0 unspecified atom stereocenters. The number of hydrogen-bond acceptors (Lipinski definition) is 5. The van der Waals surface area contributed by atoms with Crippen molar-refractivity contribution in [2.45, 2.75) is 0 Å². The predicted molar refractivity (Wildman–Crippen MR) is 110 cm³/mol. The molecule has 0 saturated carbocycles. The molecule has 8 heteroatoms. The molecule has 0 saturated heterocycles. The molecular formula is C23H15F2N3O3. The highest BCUT2D eigenvalue weighted by Crippen LogP contribution is 2.24. The van der Waals surface area contributed by atoms with Gasteiger partial charge in [-0.1, -0.05) is 24.3 Å². The lowest BCUT2D eigenvalue weighted by atomic mass is 10.1. The van der Waals surface area contributed by atoms with Crippen LogP contribution < -0.4 is 5.32 Å². The predicted octanol–water partition coefficient (Wildman–Crippen LogP) is 4.37. The Labute approximate surface area is 175 Å². The van der Waals surface area contributed by atoms with Crippen LogP contribution in [0.1, 0.15) is 10.4 Å². The van der Waals surface area contributed by atoms with Crippen molar-refractivity contribution in [2.24, 2.45) is 0 Å². The molecular weight excluding hydrogens is 404 g/mol. The number of carbonyl (C=O) groups excluding carboxylic acids is 2. The maximum absolute atomic E-state index is 13.7. The zero-order valence-electron chi connectivity index (χ0n) is 16.0. The van der Waals surface area contributed by atoms with Crippen LogP contribution >= 0.6 is 0 Å². The molecule has 0 aliphatic heterocycles. The average Bonchev–Trinajstić information content (AvgIpc) is 2.79. The Bertz CT molecular complexity index is 1280. The minimum absolute atomic E-state index is 0.214. The van der Waals surface area contributed by atoms with E-state index in [1.807, 2.05) is 0 Å². The summed E-state index contributed by atoms with van der Waals surface area (Å²) in [5.41, 5.74) is 1.62. The summed E-state index contributed by atoms with van der Waals surface area (Å²) in [6, 6.07) is 16.6. The first-order chi connectivity index (χ1) is 15.0. The van der Waals surface area contributed by atoms with Crippen LogP contribution in [-0.4, -0.2) is 28.5 Å². The highest BCUT2D eigenvalue weighted by atomic mass is 19.1. The number of amides is 1. The number of ether oxygens (including phenoxy) is 1. The van der Waals surface area contributed by atoms with Gasteiger partial charge in [-0.2, -0.15) is 0 Å². The van der Waals surface area contributed by atoms with E-state index in [0.29, 0.717) is 28.4 Å². The molecule has 2 aromatic heterocycles. The zero-order valence-corrected chi connectivity index (χ0v) is 16.0. The van der Waals surface area contributed by atoms with Crippen LogP contribution in [0.15, 0.2) is 72.9 Å². The van der Waals surface area contributed by atoms with Gasteiger partial charge in [0.25, 0.3) is 5.91 Å². The maximum Gasteiger partial charge on any atom is 0.339 e. The van der Waals surface area contributed by atoms with Crippen molar-refractivity contribution in [2.75, 3.05) is 11.9 Å². The second kappa shape index (κ2) is 8.66. The minimum atomic E-state index is -0.931. The van der Waals surface area contributed by atoms with E-state index in [9.17, 15) is 18.4 Å². The van der Waals surface area contributed by atoms with Crippen LogP contribution in [0.3, 0.4) is 0 Å². The molecule has 1 amide bonds. The number of anilines is 1. The molecule has 4 rings (SSSR count).